The van der Waals surface area contributed by atoms with Crippen molar-refractivity contribution in [1.82, 2.24) is 9.80 Å². The van der Waals surface area contributed by atoms with Gasteiger partial charge < -0.3 is 10.6 Å². The minimum atomic E-state index is 0.00482. The molecule has 0 atom stereocenters. The van der Waals surface area contributed by atoms with E-state index in [4.69, 9.17) is 0 Å². The van der Waals surface area contributed by atoms with Crippen molar-refractivity contribution in [3.05, 3.63) is 47.5 Å². The fraction of sp³-hybridized carbons (Fsp3) is 0.462. The molecule has 0 saturated carbocycles. The first-order valence-corrected chi connectivity index (χ1v) is 11.6. The van der Waals surface area contributed by atoms with Crippen LogP contribution in [0.2, 0.25) is 0 Å². The van der Waals surface area contributed by atoms with Gasteiger partial charge in [0.25, 0.3) is 0 Å². The highest BCUT2D eigenvalue weighted by Crippen LogP contribution is 2.28. The molecule has 0 aliphatic carbocycles. The number of nitrogens with one attached hydrogen (secondary N) is 2. The fourth-order valence-electron chi connectivity index (χ4n) is 3.65. The third-order valence-corrected chi connectivity index (χ3v) is 5.86. The molecule has 0 heterocycles. The minimum Gasteiger partial charge on any atom is -0.325 e. The molecule has 2 aromatic carbocycles. The normalized spacial score (nSPS) is 11.1. The van der Waals surface area contributed by atoms with Gasteiger partial charge in [-0.2, -0.15) is 0 Å². The van der Waals surface area contributed by atoms with Gasteiger partial charge in [-0.15, -0.1) is 0 Å². The highest BCUT2D eigenvalue weighted by atomic mass is 16.2. The smallest absolute Gasteiger partial charge is 0.238 e. The molecule has 2 amide bonds. The largest absolute Gasteiger partial charge is 0.325 e. The van der Waals surface area contributed by atoms with Crippen LogP contribution in [0.25, 0.3) is 11.1 Å². The number of amides is 2. The van der Waals surface area contributed by atoms with Crippen LogP contribution in [0, 0.1) is 13.8 Å². The monoisotopic (exact) mass is 438 g/mol. The first kappa shape index (κ1) is 25.6. The summed E-state index contributed by atoms with van der Waals surface area (Å²) in [5.41, 5.74) is 5.86. The summed E-state index contributed by atoms with van der Waals surface area (Å²) in [5, 5.41) is 6.05. The van der Waals surface area contributed by atoms with Gasteiger partial charge in [-0.25, -0.2) is 0 Å². The Balaban J connectivity index is 2.09. The van der Waals surface area contributed by atoms with E-state index in [9.17, 15) is 9.59 Å². The maximum Gasteiger partial charge on any atom is 0.238 e. The Bertz CT molecular complexity index is 843. The number of aryl methyl sites for hydroxylation is 2. The van der Waals surface area contributed by atoms with Crippen molar-refractivity contribution in [1.29, 1.82) is 0 Å². The number of rotatable bonds is 11. The molecule has 0 aliphatic rings. The van der Waals surface area contributed by atoms with Crippen molar-refractivity contribution in [2.75, 3.05) is 49.9 Å². The van der Waals surface area contributed by atoms with E-state index in [2.05, 4.69) is 60.3 Å². The topological polar surface area (TPSA) is 64.7 Å². The van der Waals surface area contributed by atoms with Crippen LogP contribution < -0.4 is 10.6 Å². The zero-order valence-corrected chi connectivity index (χ0v) is 20.4. The van der Waals surface area contributed by atoms with E-state index >= 15 is 0 Å². The van der Waals surface area contributed by atoms with E-state index < -0.39 is 0 Å². The summed E-state index contributed by atoms with van der Waals surface area (Å²) in [5.74, 6) is 0.00963. The van der Waals surface area contributed by atoms with Crippen molar-refractivity contribution in [2.24, 2.45) is 0 Å². The third kappa shape index (κ3) is 7.18. The quantitative estimate of drug-likeness (QED) is 0.541. The standard InChI is InChI=1S/C26H38N4O2/c1-7-29(8-2)17-25(31)27-23-13-11-21(15-19(23)5)22-12-14-24(20(6)16-22)28-26(32)18-30(9-3)10-4/h11-16H,7-10,17-18H2,1-6H3,(H,27,31)(H,28,32). The van der Waals surface area contributed by atoms with Crippen molar-refractivity contribution in [3.63, 3.8) is 0 Å². The summed E-state index contributed by atoms with van der Waals surface area (Å²) >= 11 is 0. The zero-order valence-electron chi connectivity index (χ0n) is 20.4. The van der Waals surface area contributed by atoms with Crippen LogP contribution in [-0.4, -0.2) is 60.9 Å². The van der Waals surface area contributed by atoms with Crippen LogP contribution in [-0.2, 0) is 9.59 Å². The Labute approximate surface area is 193 Å². The average molecular weight is 439 g/mol. The molecule has 32 heavy (non-hydrogen) atoms. The van der Waals surface area contributed by atoms with Crippen LogP contribution in [0.3, 0.4) is 0 Å². The van der Waals surface area contributed by atoms with E-state index in [1.807, 2.05) is 38.1 Å². The molecule has 2 N–H and O–H groups in total. The second-order valence-electron chi connectivity index (χ2n) is 8.08. The van der Waals surface area contributed by atoms with Crippen LogP contribution in [0.5, 0.6) is 0 Å². The van der Waals surface area contributed by atoms with Crippen molar-refractivity contribution < 1.29 is 9.59 Å². The van der Waals surface area contributed by atoms with Crippen molar-refractivity contribution in [3.8, 4) is 11.1 Å². The Morgan fingerprint density at radius 2 is 1.00 bits per heavy atom. The molecular weight excluding hydrogens is 400 g/mol. The van der Waals surface area contributed by atoms with Crippen molar-refractivity contribution in [2.45, 2.75) is 41.5 Å². The lowest BCUT2D eigenvalue weighted by atomic mass is 10.00. The Morgan fingerprint density at radius 1 is 0.656 bits per heavy atom. The molecule has 0 spiro atoms. The molecule has 6 nitrogen and oxygen atoms in total. The maximum absolute atomic E-state index is 12.3. The number of nitrogens with zero attached hydrogens (tertiary/aromatic N) is 2. The number of benzene rings is 2. The van der Waals surface area contributed by atoms with E-state index in [-0.39, 0.29) is 11.8 Å². The number of carbonyl (C=O) groups is 2. The van der Waals surface area contributed by atoms with Gasteiger partial charge in [0.2, 0.25) is 11.8 Å². The molecule has 2 rings (SSSR count). The lowest BCUT2D eigenvalue weighted by Gasteiger charge is -2.18. The molecule has 0 aromatic heterocycles. The molecular formula is C26H38N4O2. The van der Waals surface area contributed by atoms with Gasteiger partial charge in [-0.3, -0.25) is 19.4 Å². The van der Waals surface area contributed by atoms with Gasteiger partial charge in [0.1, 0.15) is 0 Å². The van der Waals surface area contributed by atoms with Gasteiger partial charge >= 0.3 is 0 Å². The van der Waals surface area contributed by atoms with Gasteiger partial charge in [0.05, 0.1) is 13.1 Å². The fourth-order valence-corrected chi connectivity index (χ4v) is 3.65. The van der Waals surface area contributed by atoms with Gasteiger partial charge in [0, 0.05) is 11.4 Å². The molecule has 0 aliphatic heterocycles. The van der Waals surface area contributed by atoms with E-state index in [1.165, 1.54) is 0 Å². The lowest BCUT2D eigenvalue weighted by molar-refractivity contribution is -0.118. The Hall–Kier alpha value is -2.70. The van der Waals surface area contributed by atoms with Crippen molar-refractivity contribution >= 4 is 23.2 Å². The Kier molecular flexibility index (Phi) is 9.88. The van der Waals surface area contributed by atoms with Crippen LogP contribution >= 0.6 is 0 Å². The summed E-state index contributed by atoms with van der Waals surface area (Å²) in [6.45, 7) is 16.4. The zero-order chi connectivity index (χ0) is 23.7. The average Bonchev–Trinajstić information content (AvgIpc) is 2.78. The highest BCUT2D eigenvalue weighted by molar-refractivity contribution is 5.94. The van der Waals surface area contributed by atoms with Gasteiger partial charge in [-0.1, -0.05) is 39.8 Å². The minimum absolute atomic E-state index is 0.00482. The number of hydrogen-bond acceptors (Lipinski definition) is 4. The predicted octanol–water partition coefficient (Wildman–Crippen LogP) is 4.53. The predicted molar refractivity (Wildman–Crippen MR) is 134 cm³/mol. The van der Waals surface area contributed by atoms with Crippen LogP contribution in [0.4, 0.5) is 11.4 Å². The second-order valence-corrected chi connectivity index (χ2v) is 8.08. The first-order chi connectivity index (χ1) is 15.3. The van der Waals surface area contributed by atoms with Crippen LogP contribution in [0.15, 0.2) is 36.4 Å². The second kappa shape index (κ2) is 12.4. The number of anilines is 2. The SMILES string of the molecule is CCN(CC)CC(=O)Nc1ccc(-c2ccc(NC(=O)CN(CC)CC)c(C)c2)cc1C. The first-order valence-electron chi connectivity index (χ1n) is 11.6. The number of hydrogen-bond donors (Lipinski definition) is 2. The molecule has 2 aromatic rings. The molecule has 0 bridgehead atoms. The van der Waals surface area contributed by atoms with Crippen LogP contribution in [0.1, 0.15) is 38.8 Å². The van der Waals surface area contributed by atoms with E-state index in [0.29, 0.717) is 13.1 Å². The maximum atomic E-state index is 12.3. The number of likely N-dealkylation sites (N-methyl/N-ethyl adjacent to an activating group) is 2. The summed E-state index contributed by atoms with van der Waals surface area (Å²) < 4.78 is 0. The van der Waals surface area contributed by atoms with E-state index in [0.717, 1.165) is 59.8 Å². The summed E-state index contributed by atoms with van der Waals surface area (Å²) in [6, 6.07) is 12.1. The van der Waals surface area contributed by atoms with Gasteiger partial charge in [0.15, 0.2) is 0 Å². The number of carbonyl (C=O) groups excluding carboxylic acids is 2. The molecule has 0 fully saturated rings. The Morgan fingerprint density at radius 3 is 1.28 bits per heavy atom. The molecule has 6 heteroatoms. The van der Waals surface area contributed by atoms with Gasteiger partial charge in [-0.05, 0) is 86.5 Å². The summed E-state index contributed by atoms with van der Waals surface area (Å²) in [7, 11) is 0. The third-order valence-electron chi connectivity index (χ3n) is 5.86. The van der Waals surface area contributed by atoms with E-state index in [1.54, 1.807) is 0 Å². The molecule has 174 valence electrons. The molecule has 0 unspecified atom stereocenters. The molecule has 0 saturated heterocycles. The highest BCUT2D eigenvalue weighted by Gasteiger charge is 2.12. The summed E-state index contributed by atoms with van der Waals surface area (Å²) in [6.07, 6.45) is 0. The molecule has 0 radical (unpaired) electrons. The lowest BCUT2D eigenvalue weighted by Crippen LogP contribution is -2.33. The summed E-state index contributed by atoms with van der Waals surface area (Å²) in [4.78, 5) is 28.8.